The SMILES string of the molecule is Cc1cc(F)cc2c1N(CCC(=O)O)C(=O)C2=O. The summed E-state index contributed by atoms with van der Waals surface area (Å²) in [6.45, 7) is 1.47. The van der Waals surface area contributed by atoms with Crippen LogP contribution in [0.25, 0.3) is 0 Å². The van der Waals surface area contributed by atoms with Crippen LogP contribution in [0, 0.1) is 12.7 Å². The number of aliphatic carboxylic acids is 1. The number of hydrogen-bond acceptors (Lipinski definition) is 3. The Balaban J connectivity index is 2.45. The molecule has 1 aromatic rings. The first kappa shape index (κ1) is 12.2. The summed E-state index contributed by atoms with van der Waals surface area (Å²) in [5, 5.41) is 8.60. The van der Waals surface area contributed by atoms with Crippen LogP contribution < -0.4 is 4.90 Å². The molecule has 94 valence electrons. The van der Waals surface area contributed by atoms with Gasteiger partial charge in [0.15, 0.2) is 0 Å². The molecule has 1 aliphatic rings. The van der Waals surface area contributed by atoms with Crippen molar-refractivity contribution in [3.8, 4) is 0 Å². The summed E-state index contributed by atoms with van der Waals surface area (Å²) in [6, 6.07) is 2.21. The number of halogens is 1. The van der Waals surface area contributed by atoms with Gasteiger partial charge in [-0.15, -0.1) is 0 Å². The highest BCUT2D eigenvalue weighted by atomic mass is 19.1. The van der Waals surface area contributed by atoms with Crippen molar-refractivity contribution in [2.24, 2.45) is 0 Å². The first-order valence-corrected chi connectivity index (χ1v) is 5.30. The predicted molar refractivity (Wildman–Crippen MR) is 60.1 cm³/mol. The number of hydrogen-bond donors (Lipinski definition) is 1. The number of carbonyl (C=O) groups is 3. The van der Waals surface area contributed by atoms with Crippen molar-refractivity contribution in [2.75, 3.05) is 11.4 Å². The van der Waals surface area contributed by atoms with Gasteiger partial charge in [0.05, 0.1) is 17.7 Å². The zero-order valence-corrected chi connectivity index (χ0v) is 9.57. The molecular weight excluding hydrogens is 241 g/mol. The van der Waals surface area contributed by atoms with Gasteiger partial charge in [-0.3, -0.25) is 14.4 Å². The van der Waals surface area contributed by atoms with Gasteiger partial charge in [0.25, 0.3) is 11.7 Å². The van der Waals surface area contributed by atoms with Crippen molar-refractivity contribution < 1.29 is 23.9 Å². The Hall–Kier alpha value is -2.24. The lowest BCUT2D eigenvalue weighted by molar-refractivity contribution is -0.136. The van der Waals surface area contributed by atoms with Gasteiger partial charge < -0.3 is 10.0 Å². The van der Waals surface area contributed by atoms with Gasteiger partial charge in [0.1, 0.15) is 5.82 Å². The number of carboxylic acid groups (broad SMARTS) is 1. The number of fused-ring (bicyclic) bond motifs is 1. The second-order valence-electron chi connectivity index (χ2n) is 4.05. The number of aryl methyl sites for hydroxylation is 1. The summed E-state index contributed by atoms with van der Waals surface area (Å²) >= 11 is 0. The largest absolute Gasteiger partial charge is 0.481 e. The van der Waals surface area contributed by atoms with E-state index in [-0.39, 0.29) is 18.5 Å². The van der Waals surface area contributed by atoms with Gasteiger partial charge in [-0.2, -0.15) is 0 Å². The van der Waals surface area contributed by atoms with Gasteiger partial charge in [-0.1, -0.05) is 0 Å². The Kier molecular flexibility index (Phi) is 2.86. The Labute approximate surface area is 102 Å². The third-order valence-electron chi connectivity index (χ3n) is 2.77. The van der Waals surface area contributed by atoms with E-state index < -0.39 is 23.5 Å². The Bertz CT molecular complexity index is 567. The van der Waals surface area contributed by atoms with Crippen LogP contribution in [0.1, 0.15) is 22.3 Å². The molecule has 0 aliphatic carbocycles. The number of amides is 1. The van der Waals surface area contributed by atoms with E-state index in [1.165, 1.54) is 6.07 Å². The van der Waals surface area contributed by atoms with E-state index in [4.69, 9.17) is 5.11 Å². The van der Waals surface area contributed by atoms with E-state index >= 15 is 0 Å². The van der Waals surface area contributed by atoms with E-state index in [1.807, 2.05) is 0 Å². The molecule has 0 aromatic heterocycles. The molecule has 1 aromatic carbocycles. The zero-order valence-electron chi connectivity index (χ0n) is 9.57. The molecule has 5 nitrogen and oxygen atoms in total. The highest BCUT2D eigenvalue weighted by Gasteiger charge is 2.37. The monoisotopic (exact) mass is 251 g/mol. The molecule has 2 rings (SSSR count). The molecule has 1 aliphatic heterocycles. The summed E-state index contributed by atoms with van der Waals surface area (Å²) in [7, 11) is 0. The molecule has 0 fully saturated rings. The molecule has 0 atom stereocenters. The Morgan fingerprint density at radius 1 is 1.39 bits per heavy atom. The van der Waals surface area contributed by atoms with Crippen LogP contribution in [-0.4, -0.2) is 29.3 Å². The molecular formula is C12H10FNO4. The van der Waals surface area contributed by atoms with Gasteiger partial charge in [-0.05, 0) is 24.6 Å². The smallest absolute Gasteiger partial charge is 0.305 e. The van der Waals surface area contributed by atoms with Gasteiger partial charge in [0, 0.05) is 6.54 Å². The number of carbonyl (C=O) groups excluding carboxylic acids is 2. The standard InChI is InChI=1S/C12H10FNO4/c1-6-4-7(13)5-8-10(6)14(3-2-9(15)16)12(18)11(8)17/h4-5H,2-3H2,1H3,(H,15,16). The molecule has 1 N–H and O–H groups in total. The van der Waals surface area contributed by atoms with Crippen LogP contribution in [0.2, 0.25) is 0 Å². The second-order valence-corrected chi connectivity index (χ2v) is 4.05. The molecule has 1 heterocycles. The third-order valence-corrected chi connectivity index (χ3v) is 2.77. The average Bonchev–Trinajstić information content (AvgIpc) is 2.51. The van der Waals surface area contributed by atoms with E-state index in [9.17, 15) is 18.8 Å². The van der Waals surface area contributed by atoms with E-state index in [0.717, 1.165) is 11.0 Å². The summed E-state index contributed by atoms with van der Waals surface area (Å²) in [5.41, 5.74) is 0.755. The minimum atomic E-state index is -1.07. The highest BCUT2D eigenvalue weighted by Crippen LogP contribution is 2.33. The molecule has 0 spiro atoms. The number of nitrogens with zero attached hydrogens (tertiary/aromatic N) is 1. The van der Waals surface area contributed by atoms with Crippen LogP contribution in [0.4, 0.5) is 10.1 Å². The molecule has 1 amide bonds. The van der Waals surface area contributed by atoms with Gasteiger partial charge in [0.2, 0.25) is 0 Å². The third kappa shape index (κ3) is 1.85. The molecule has 18 heavy (non-hydrogen) atoms. The fourth-order valence-corrected chi connectivity index (χ4v) is 2.03. The van der Waals surface area contributed by atoms with Crippen LogP contribution in [0.5, 0.6) is 0 Å². The van der Waals surface area contributed by atoms with Crippen LogP contribution in [0.15, 0.2) is 12.1 Å². The number of rotatable bonds is 3. The maximum atomic E-state index is 13.2. The van der Waals surface area contributed by atoms with Gasteiger partial charge >= 0.3 is 5.97 Å². The van der Waals surface area contributed by atoms with Crippen molar-refractivity contribution in [3.63, 3.8) is 0 Å². The normalized spacial score (nSPS) is 14.0. The maximum absolute atomic E-state index is 13.2. The van der Waals surface area contributed by atoms with Crippen molar-refractivity contribution in [2.45, 2.75) is 13.3 Å². The first-order chi connectivity index (χ1) is 8.41. The highest BCUT2D eigenvalue weighted by molar-refractivity contribution is 6.52. The van der Waals surface area contributed by atoms with E-state index in [0.29, 0.717) is 11.3 Å². The number of carboxylic acids is 1. The Morgan fingerprint density at radius 3 is 2.67 bits per heavy atom. The Morgan fingerprint density at radius 2 is 2.06 bits per heavy atom. The van der Waals surface area contributed by atoms with Crippen molar-refractivity contribution in [1.82, 2.24) is 0 Å². The van der Waals surface area contributed by atoms with Crippen molar-refractivity contribution >= 4 is 23.3 Å². The molecule has 6 heteroatoms. The summed E-state index contributed by atoms with van der Waals surface area (Å²) in [4.78, 5) is 35.0. The quantitative estimate of drug-likeness (QED) is 0.817. The fourth-order valence-electron chi connectivity index (χ4n) is 2.03. The van der Waals surface area contributed by atoms with E-state index in [1.54, 1.807) is 6.92 Å². The number of Topliss-reactive ketones (excluding diaryl/α,β-unsaturated/α-hetero) is 1. The summed E-state index contributed by atoms with van der Waals surface area (Å²) < 4.78 is 13.2. The second kappa shape index (κ2) is 4.21. The van der Waals surface area contributed by atoms with Crippen molar-refractivity contribution in [3.05, 3.63) is 29.1 Å². The lowest BCUT2D eigenvalue weighted by Gasteiger charge is -2.17. The van der Waals surface area contributed by atoms with Gasteiger partial charge in [-0.25, -0.2) is 4.39 Å². The summed E-state index contributed by atoms with van der Waals surface area (Å²) in [5.74, 6) is -3.26. The topological polar surface area (TPSA) is 74.7 Å². The minimum absolute atomic E-state index is 0.00267. The molecule has 0 bridgehead atoms. The molecule has 0 radical (unpaired) electrons. The van der Waals surface area contributed by atoms with Crippen molar-refractivity contribution in [1.29, 1.82) is 0 Å². The summed E-state index contributed by atoms with van der Waals surface area (Å²) in [6.07, 6.45) is -0.269. The van der Waals surface area contributed by atoms with Crippen LogP contribution in [-0.2, 0) is 9.59 Å². The predicted octanol–water partition coefficient (Wildman–Crippen LogP) is 1.14. The lowest BCUT2D eigenvalue weighted by Crippen LogP contribution is -2.32. The number of ketones is 1. The molecule has 0 unspecified atom stereocenters. The molecule has 0 saturated heterocycles. The first-order valence-electron chi connectivity index (χ1n) is 5.30. The van der Waals surface area contributed by atoms with E-state index in [2.05, 4.69) is 0 Å². The minimum Gasteiger partial charge on any atom is -0.481 e. The molecule has 0 saturated carbocycles. The van der Waals surface area contributed by atoms with Crippen LogP contribution in [0.3, 0.4) is 0 Å². The number of benzene rings is 1. The maximum Gasteiger partial charge on any atom is 0.305 e. The average molecular weight is 251 g/mol. The van der Waals surface area contributed by atoms with Crippen LogP contribution >= 0.6 is 0 Å². The zero-order chi connectivity index (χ0) is 13.4. The number of anilines is 1. The lowest BCUT2D eigenvalue weighted by atomic mass is 10.1. The fraction of sp³-hybridized carbons (Fsp3) is 0.250.